The first-order valence-electron chi connectivity index (χ1n) is 6.66. The van der Waals surface area contributed by atoms with Gasteiger partial charge in [-0.3, -0.25) is 9.59 Å². The topological polar surface area (TPSA) is 67.8 Å². The number of hydrogen-bond acceptors (Lipinski definition) is 4. The highest BCUT2D eigenvalue weighted by atomic mass is 16.3. The third kappa shape index (κ3) is 2.54. The number of hydrogen-bond donors (Lipinski definition) is 0. The summed E-state index contributed by atoms with van der Waals surface area (Å²) in [7, 11) is 0. The number of carbonyl (C=O) groups is 1. The van der Waals surface area contributed by atoms with Gasteiger partial charge in [-0.2, -0.15) is 5.10 Å². The summed E-state index contributed by atoms with van der Waals surface area (Å²) < 4.78 is 6.69. The smallest absolute Gasteiger partial charge is 0.259 e. The van der Waals surface area contributed by atoms with Crippen molar-refractivity contribution < 1.29 is 9.21 Å². The molecule has 3 rings (SSSR count). The van der Waals surface area contributed by atoms with Gasteiger partial charge in [0.05, 0.1) is 18.0 Å². The van der Waals surface area contributed by atoms with Gasteiger partial charge in [-0.25, -0.2) is 4.68 Å². The van der Waals surface area contributed by atoms with Crippen LogP contribution in [0.2, 0.25) is 0 Å². The van der Waals surface area contributed by atoms with Crippen LogP contribution < -0.4 is 10.5 Å². The molecule has 0 spiro atoms. The molecule has 110 valence electrons. The third-order valence-electron chi connectivity index (χ3n) is 3.11. The molecule has 1 aromatic carbocycles. The molecular weight excluding hydrogens is 282 g/mol. The fourth-order valence-electron chi connectivity index (χ4n) is 2.12. The van der Waals surface area contributed by atoms with Gasteiger partial charge in [0.2, 0.25) is 0 Å². The zero-order chi connectivity index (χ0) is 15.5. The minimum Gasteiger partial charge on any atom is -0.463 e. The number of fused-ring (bicyclic) bond motifs is 1. The average Bonchev–Trinajstić information content (AvgIpc) is 3.03. The van der Waals surface area contributed by atoms with E-state index in [9.17, 15) is 9.59 Å². The van der Waals surface area contributed by atoms with Gasteiger partial charge in [0.25, 0.3) is 5.91 Å². The van der Waals surface area contributed by atoms with Gasteiger partial charge in [-0.1, -0.05) is 12.1 Å². The Bertz CT molecular complexity index is 894. The lowest BCUT2D eigenvalue weighted by molar-refractivity contribution is -0.118. The summed E-state index contributed by atoms with van der Waals surface area (Å²) in [5.74, 6) is 0.230. The maximum Gasteiger partial charge on any atom is 0.259 e. The molecule has 1 amide bonds. The van der Waals surface area contributed by atoms with E-state index in [1.165, 1.54) is 41.5 Å². The lowest BCUT2D eigenvalue weighted by atomic mass is 10.2. The van der Waals surface area contributed by atoms with Crippen LogP contribution in [-0.4, -0.2) is 16.8 Å². The third-order valence-corrected chi connectivity index (χ3v) is 3.11. The van der Waals surface area contributed by atoms with Crippen LogP contribution in [0.4, 0.5) is 0 Å². The van der Waals surface area contributed by atoms with Gasteiger partial charge in [0.1, 0.15) is 5.76 Å². The molecule has 0 aliphatic carbocycles. The second kappa shape index (κ2) is 5.69. The Morgan fingerprint density at radius 1 is 1.23 bits per heavy atom. The van der Waals surface area contributed by atoms with Crippen LogP contribution in [-0.2, 0) is 4.79 Å². The van der Waals surface area contributed by atoms with E-state index >= 15 is 0 Å². The zero-order valence-corrected chi connectivity index (χ0v) is 11.8. The van der Waals surface area contributed by atoms with Gasteiger partial charge >= 0.3 is 0 Å². The molecule has 0 radical (unpaired) electrons. The Hall–Kier alpha value is -3.15. The fraction of sp³-hybridized carbons (Fsp3) is 0.0625. The standard InChI is InChI=1S/C16H13N3O3/c1-12(20)19(17-11-13-5-4-10-22-13)18-9-8-16(21)14-6-2-3-7-15(14)18/h2-11H,1H3. The number of nitrogens with zero attached hydrogens (tertiary/aromatic N) is 3. The number of rotatable bonds is 3. The highest BCUT2D eigenvalue weighted by molar-refractivity contribution is 5.89. The lowest BCUT2D eigenvalue weighted by Crippen LogP contribution is -2.34. The van der Waals surface area contributed by atoms with Crippen LogP contribution in [0.25, 0.3) is 10.9 Å². The molecule has 0 aliphatic heterocycles. The van der Waals surface area contributed by atoms with Crippen molar-refractivity contribution in [3.8, 4) is 0 Å². The highest BCUT2D eigenvalue weighted by Crippen LogP contribution is 2.10. The molecule has 3 aromatic rings. The van der Waals surface area contributed by atoms with Gasteiger partial charge in [0.15, 0.2) is 5.43 Å². The number of furan rings is 1. The van der Waals surface area contributed by atoms with Crippen LogP contribution in [0, 0.1) is 0 Å². The van der Waals surface area contributed by atoms with E-state index in [2.05, 4.69) is 5.10 Å². The highest BCUT2D eigenvalue weighted by Gasteiger charge is 2.12. The molecule has 2 heterocycles. The summed E-state index contributed by atoms with van der Waals surface area (Å²) in [6.07, 6.45) is 4.48. The first-order valence-corrected chi connectivity index (χ1v) is 6.66. The Labute approximate surface area is 125 Å². The van der Waals surface area contributed by atoms with E-state index in [-0.39, 0.29) is 11.3 Å². The summed E-state index contributed by atoms with van der Waals surface area (Å²) in [6, 6.07) is 11.9. The molecule has 0 N–H and O–H groups in total. The number of para-hydroxylation sites is 1. The Kier molecular flexibility index (Phi) is 3.57. The Balaban J connectivity index is 2.12. The predicted octanol–water partition coefficient (Wildman–Crippen LogP) is 2.11. The molecule has 0 bridgehead atoms. The van der Waals surface area contributed by atoms with E-state index < -0.39 is 0 Å². The largest absolute Gasteiger partial charge is 0.463 e. The first kappa shape index (κ1) is 13.8. The number of hydrazone groups is 1. The number of aromatic nitrogens is 1. The van der Waals surface area contributed by atoms with Crippen LogP contribution in [0.5, 0.6) is 0 Å². The maximum atomic E-state index is 11.9. The van der Waals surface area contributed by atoms with Gasteiger partial charge in [-0.15, -0.1) is 5.12 Å². The summed E-state index contributed by atoms with van der Waals surface area (Å²) in [6.45, 7) is 1.40. The summed E-state index contributed by atoms with van der Waals surface area (Å²) in [5.41, 5.74) is 0.493. The van der Waals surface area contributed by atoms with E-state index in [0.717, 1.165) is 0 Å². The van der Waals surface area contributed by atoms with Crippen LogP contribution in [0.15, 0.2) is 69.2 Å². The number of benzene rings is 1. The summed E-state index contributed by atoms with van der Waals surface area (Å²) in [5, 5.41) is 5.83. The minimum atomic E-state index is -0.295. The van der Waals surface area contributed by atoms with Crippen LogP contribution in [0.1, 0.15) is 12.7 Å². The van der Waals surface area contributed by atoms with Crippen molar-refractivity contribution in [2.75, 3.05) is 5.12 Å². The number of pyridine rings is 1. The van der Waals surface area contributed by atoms with Crippen molar-refractivity contribution in [3.05, 3.63) is 70.9 Å². The molecule has 0 fully saturated rings. The molecule has 22 heavy (non-hydrogen) atoms. The minimum absolute atomic E-state index is 0.106. The van der Waals surface area contributed by atoms with Crippen molar-refractivity contribution in [1.82, 2.24) is 4.68 Å². The first-order chi connectivity index (χ1) is 10.7. The predicted molar refractivity (Wildman–Crippen MR) is 83.4 cm³/mol. The van der Waals surface area contributed by atoms with Gasteiger partial charge in [-0.05, 0) is 24.3 Å². The van der Waals surface area contributed by atoms with Crippen LogP contribution >= 0.6 is 0 Å². The second-order valence-electron chi connectivity index (χ2n) is 4.61. The van der Waals surface area contributed by atoms with Crippen molar-refractivity contribution in [3.63, 3.8) is 0 Å². The van der Waals surface area contributed by atoms with E-state index in [0.29, 0.717) is 16.7 Å². The lowest BCUT2D eigenvalue weighted by Gasteiger charge is -2.19. The molecule has 6 heteroatoms. The zero-order valence-electron chi connectivity index (χ0n) is 11.8. The molecule has 0 saturated heterocycles. The summed E-state index contributed by atoms with van der Waals surface area (Å²) >= 11 is 0. The molecule has 0 saturated carbocycles. The van der Waals surface area contributed by atoms with Crippen molar-refractivity contribution in [1.29, 1.82) is 0 Å². The Morgan fingerprint density at radius 3 is 2.77 bits per heavy atom. The monoisotopic (exact) mass is 295 g/mol. The van der Waals surface area contributed by atoms with E-state index in [1.54, 1.807) is 36.4 Å². The molecule has 6 nitrogen and oxygen atoms in total. The fourth-order valence-corrected chi connectivity index (χ4v) is 2.12. The molecule has 2 aromatic heterocycles. The molecular formula is C16H13N3O3. The van der Waals surface area contributed by atoms with Gasteiger partial charge < -0.3 is 4.42 Å². The van der Waals surface area contributed by atoms with E-state index in [1.807, 2.05) is 0 Å². The maximum absolute atomic E-state index is 11.9. The van der Waals surface area contributed by atoms with Crippen molar-refractivity contribution >= 4 is 23.0 Å². The van der Waals surface area contributed by atoms with Crippen LogP contribution in [0.3, 0.4) is 0 Å². The van der Waals surface area contributed by atoms with E-state index in [4.69, 9.17) is 4.42 Å². The average molecular weight is 295 g/mol. The summed E-state index contributed by atoms with van der Waals surface area (Å²) in [4.78, 5) is 23.8. The quantitative estimate of drug-likeness (QED) is 0.549. The molecule has 0 aliphatic rings. The SMILES string of the molecule is CC(=O)N(N=Cc1ccco1)n1ccc(=O)c2ccccc21. The second-order valence-corrected chi connectivity index (χ2v) is 4.61. The normalized spacial score (nSPS) is 11.1. The number of carbonyl (C=O) groups excluding carboxylic acids is 1. The van der Waals surface area contributed by atoms with Crippen molar-refractivity contribution in [2.45, 2.75) is 6.92 Å². The van der Waals surface area contributed by atoms with Gasteiger partial charge in [0, 0.05) is 24.6 Å². The Morgan fingerprint density at radius 2 is 2.05 bits per heavy atom. The van der Waals surface area contributed by atoms with Crippen molar-refractivity contribution in [2.24, 2.45) is 5.10 Å². The molecule has 0 unspecified atom stereocenters. The molecule has 0 atom stereocenters. The number of amides is 1.